The molecule has 0 aliphatic carbocycles. The van der Waals surface area contributed by atoms with Crippen molar-refractivity contribution in [3.05, 3.63) is 64.9 Å². The Labute approximate surface area is 122 Å². The Hall–Kier alpha value is -2.82. The molecule has 5 nitrogen and oxygen atoms in total. The van der Waals surface area contributed by atoms with E-state index in [0.29, 0.717) is 10.4 Å². The maximum absolute atomic E-state index is 12.2. The SMILES string of the molecule is CC(=O)c1ccccc1N=[N+]([O-])c1ccccc1C(C)=O. The highest BCUT2D eigenvalue weighted by Crippen LogP contribution is 2.24. The zero-order valence-electron chi connectivity index (χ0n) is 11.7. The van der Waals surface area contributed by atoms with Gasteiger partial charge in [0, 0.05) is 16.7 Å². The van der Waals surface area contributed by atoms with E-state index in [1.165, 1.54) is 19.9 Å². The van der Waals surface area contributed by atoms with Crippen LogP contribution < -0.4 is 0 Å². The van der Waals surface area contributed by atoms with Gasteiger partial charge in [-0.25, -0.2) is 0 Å². The maximum Gasteiger partial charge on any atom is 0.255 e. The van der Waals surface area contributed by atoms with Gasteiger partial charge < -0.3 is 5.21 Å². The van der Waals surface area contributed by atoms with Crippen molar-refractivity contribution in [3.8, 4) is 0 Å². The molecule has 0 fully saturated rings. The molecule has 5 heteroatoms. The zero-order chi connectivity index (χ0) is 15.4. The minimum absolute atomic E-state index is 0.156. The van der Waals surface area contributed by atoms with Gasteiger partial charge in [0.15, 0.2) is 11.6 Å². The third kappa shape index (κ3) is 3.20. The Morgan fingerprint density at radius 3 is 2.05 bits per heavy atom. The first kappa shape index (κ1) is 14.6. The summed E-state index contributed by atoms with van der Waals surface area (Å²) in [6.07, 6.45) is 0. The van der Waals surface area contributed by atoms with Gasteiger partial charge in [0.1, 0.15) is 5.69 Å². The third-order valence-corrected chi connectivity index (χ3v) is 2.97. The van der Waals surface area contributed by atoms with Gasteiger partial charge in [-0.05, 0) is 36.9 Å². The van der Waals surface area contributed by atoms with E-state index in [-0.39, 0.29) is 28.5 Å². The number of hydrogen-bond acceptors (Lipinski definition) is 4. The van der Waals surface area contributed by atoms with Crippen LogP contribution in [-0.4, -0.2) is 16.4 Å². The van der Waals surface area contributed by atoms with Crippen molar-refractivity contribution in [1.82, 2.24) is 0 Å². The van der Waals surface area contributed by atoms with Crippen LogP contribution in [0.3, 0.4) is 0 Å². The highest BCUT2D eigenvalue weighted by atomic mass is 16.5. The second-order valence-electron chi connectivity index (χ2n) is 4.52. The van der Waals surface area contributed by atoms with Gasteiger partial charge in [0.2, 0.25) is 0 Å². The van der Waals surface area contributed by atoms with E-state index in [1.54, 1.807) is 42.5 Å². The van der Waals surface area contributed by atoms with Crippen LogP contribution >= 0.6 is 0 Å². The molecule has 0 aromatic heterocycles. The Bertz CT molecular complexity index is 736. The summed E-state index contributed by atoms with van der Waals surface area (Å²) in [6, 6.07) is 13.0. The van der Waals surface area contributed by atoms with Crippen LogP contribution in [0.4, 0.5) is 11.4 Å². The molecule has 0 bridgehead atoms. The van der Waals surface area contributed by atoms with Crippen LogP contribution in [0.5, 0.6) is 0 Å². The van der Waals surface area contributed by atoms with Gasteiger partial charge in [0.25, 0.3) is 5.69 Å². The monoisotopic (exact) mass is 282 g/mol. The average molecular weight is 282 g/mol. The number of carbonyl (C=O) groups excluding carboxylic acids is 2. The van der Waals surface area contributed by atoms with Crippen molar-refractivity contribution < 1.29 is 14.4 Å². The summed E-state index contributed by atoms with van der Waals surface area (Å²) in [7, 11) is 0. The molecule has 0 heterocycles. The van der Waals surface area contributed by atoms with Gasteiger partial charge in [-0.2, -0.15) is 0 Å². The van der Waals surface area contributed by atoms with Crippen LogP contribution in [0.1, 0.15) is 34.6 Å². The summed E-state index contributed by atoms with van der Waals surface area (Å²) in [4.78, 5) is 23.4. The van der Waals surface area contributed by atoms with E-state index in [2.05, 4.69) is 5.11 Å². The molecule has 2 rings (SSSR count). The molecule has 0 unspecified atom stereocenters. The van der Waals surface area contributed by atoms with E-state index in [0.717, 1.165) is 0 Å². The summed E-state index contributed by atoms with van der Waals surface area (Å²) in [5.41, 5.74) is 1.08. The lowest BCUT2D eigenvalue weighted by Gasteiger charge is -2.05. The van der Waals surface area contributed by atoms with Crippen molar-refractivity contribution in [2.24, 2.45) is 5.11 Å². The van der Waals surface area contributed by atoms with Crippen molar-refractivity contribution in [2.75, 3.05) is 0 Å². The second-order valence-corrected chi connectivity index (χ2v) is 4.52. The summed E-state index contributed by atoms with van der Waals surface area (Å²) in [6.45, 7) is 2.79. The number of Topliss-reactive ketones (excluding diaryl/α,β-unsaturated/α-hetero) is 2. The van der Waals surface area contributed by atoms with Crippen molar-refractivity contribution in [3.63, 3.8) is 0 Å². The molecule has 0 amide bonds. The van der Waals surface area contributed by atoms with Crippen LogP contribution in [0, 0.1) is 5.21 Å². The van der Waals surface area contributed by atoms with Gasteiger partial charge in [0.05, 0.1) is 5.56 Å². The third-order valence-electron chi connectivity index (χ3n) is 2.97. The number of ketones is 2. The van der Waals surface area contributed by atoms with Crippen molar-refractivity contribution in [1.29, 1.82) is 0 Å². The van der Waals surface area contributed by atoms with Crippen LogP contribution in [0.25, 0.3) is 0 Å². The van der Waals surface area contributed by atoms with E-state index in [1.807, 2.05) is 0 Å². The molecule has 0 aliphatic rings. The number of para-hydroxylation sites is 1. The fourth-order valence-electron chi connectivity index (χ4n) is 1.95. The van der Waals surface area contributed by atoms with Crippen molar-refractivity contribution >= 4 is 22.9 Å². The largest absolute Gasteiger partial charge is 0.594 e. The summed E-state index contributed by atoms with van der Waals surface area (Å²) >= 11 is 0. The standard InChI is InChI=1S/C16H14N2O3/c1-11(19)13-7-3-5-9-15(13)17-18(21)16-10-6-4-8-14(16)12(2)20/h3-10H,1-2H3. The smallest absolute Gasteiger partial charge is 0.255 e. The normalized spacial score (nSPS) is 11.2. The first-order valence-corrected chi connectivity index (χ1v) is 6.39. The molecule has 0 saturated heterocycles. The molecule has 106 valence electrons. The van der Waals surface area contributed by atoms with Crippen LogP contribution in [0.2, 0.25) is 0 Å². The predicted molar refractivity (Wildman–Crippen MR) is 78.3 cm³/mol. The fraction of sp³-hybridized carbons (Fsp3) is 0.125. The molecule has 0 aliphatic heterocycles. The lowest BCUT2D eigenvalue weighted by molar-refractivity contribution is -0.435. The summed E-state index contributed by atoms with van der Waals surface area (Å²) in [5.74, 6) is -0.399. The maximum atomic E-state index is 12.2. The number of hydrogen-bond donors (Lipinski definition) is 0. The Morgan fingerprint density at radius 1 is 0.905 bits per heavy atom. The molecular formula is C16H14N2O3. The van der Waals surface area contributed by atoms with Crippen LogP contribution in [0.15, 0.2) is 53.6 Å². The van der Waals surface area contributed by atoms with Crippen molar-refractivity contribution in [2.45, 2.75) is 13.8 Å². The minimum atomic E-state index is -0.221. The molecular weight excluding hydrogens is 268 g/mol. The highest BCUT2D eigenvalue weighted by molar-refractivity contribution is 5.99. The molecule has 2 aromatic carbocycles. The quantitative estimate of drug-likeness (QED) is 0.368. The van der Waals surface area contributed by atoms with E-state index in [9.17, 15) is 14.8 Å². The van der Waals surface area contributed by atoms with Gasteiger partial charge in [-0.3, -0.25) is 9.59 Å². The molecule has 0 saturated carbocycles. The van der Waals surface area contributed by atoms with E-state index < -0.39 is 0 Å². The number of benzene rings is 2. The molecule has 0 atom stereocenters. The molecule has 21 heavy (non-hydrogen) atoms. The Kier molecular flexibility index (Phi) is 4.23. The van der Waals surface area contributed by atoms with E-state index >= 15 is 0 Å². The van der Waals surface area contributed by atoms with Gasteiger partial charge >= 0.3 is 0 Å². The second kappa shape index (κ2) is 6.09. The molecule has 2 aromatic rings. The number of carbonyl (C=O) groups is 2. The summed E-state index contributed by atoms with van der Waals surface area (Å²) in [5, 5.41) is 16.1. The highest BCUT2D eigenvalue weighted by Gasteiger charge is 2.16. The van der Waals surface area contributed by atoms with Crippen LogP contribution in [-0.2, 0) is 0 Å². The molecule has 0 N–H and O–H groups in total. The van der Waals surface area contributed by atoms with E-state index in [4.69, 9.17) is 0 Å². The molecule has 0 spiro atoms. The minimum Gasteiger partial charge on any atom is -0.594 e. The average Bonchev–Trinajstić information content (AvgIpc) is 2.47. The molecule has 0 radical (unpaired) electrons. The number of rotatable bonds is 4. The summed E-state index contributed by atoms with van der Waals surface area (Å²) < 4.78 is 0. The zero-order valence-corrected chi connectivity index (χ0v) is 11.7. The lowest BCUT2D eigenvalue weighted by atomic mass is 10.1. The fourth-order valence-corrected chi connectivity index (χ4v) is 1.95. The van der Waals surface area contributed by atoms with Gasteiger partial charge in [-0.15, -0.1) is 0 Å². The Morgan fingerprint density at radius 2 is 1.43 bits per heavy atom. The first-order chi connectivity index (χ1) is 10.0. The first-order valence-electron chi connectivity index (χ1n) is 6.39. The number of nitrogens with zero attached hydrogens (tertiary/aromatic N) is 2. The topological polar surface area (TPSA) is 72.6 Å². The predicted octanol–water partition coefficient (Wildman–Crippen LogP) is 4.02. The number of azo groups is 1. The Balaban J connectivity index is 2.53. The van der Waals surface area contributed by atoms with Gasteiger partial charge in [-0.1, -0.05) is 24.3 Å². The lowest BCUT2D eigenvalue weighted by Crippen LogP contribution is -2.01.